The lowest BCUT2D eigenvalue weighted by Crippen LogP contribution is -2.16. The fourth-order valence-corrected chi connectivity index (χ4v) is 3.05. The zero-order valence-corrected chi connectivity index (χ0v) is 13.5. The molecule has 1 fully saturated rings. The summed E-state index contributed by atoms with van der Waals surface area (Å²) in [6.07, 6.45) is 0.863. The van der Waals surface area contributed by atoms with Crippen molar-refractivity contribution in [1.29, 1.82) is 0 Å². The Balaban J connectivity index is 1.41. The van der Waals surface area contributed by atoms with Crippen LogP contribution in [0.2, 0.25) is 0 Å². The van der Waals surface area contributed by atoms with Gasteiger partial charge in [-0.25, -0.2) is 0 Å². The molecule has 0 spiro atoms. The number of ether oxygens (including phenoxy) is 3. The Morgan fingerprint density at radius 2 is 1.83 bits per heavy atom. The predicted molar refractivity (Wildman–Crippen MR) is 89.9 cm³/mol. The molecule has 1 aliphatic carbocycles. The maximum atomic E-state index is 12.4. The normalized spacial score (nSPS) is 21.0. The Hall–Kier alpha value is -2.69. The number of hydrogen-bond donors (Lipinski definition) is 1. The first-order chi connectivity index (χ1) is 11.7. The van der Waals surface area contributed by atoms with Gasteiger partial charge in [0.25, 0.3) is 0 Å². The average Bonchev–Trinajstić information content (AvgIpc) is 3.43. The Morgan fingerprint density at radius 3 is 2.58 bits per heavy atom. The molecule has 0 radical (unpaired) electrons. The highest BCUT2D eigenvalue weighted by Gasteiger charge is 2.44. The summed E-state index contributed by atoms with van der Waals surface area (Å²) in [5.41, 5.74) is 1.92. The number of carbonyl (C=O) groups excluding carboxylic acids is 1. The lowest BCUT2D eigenvalue weighted by atomic mass is 10.1. The van der Waals surface area contributed by atoms with Crippen LogP contribution in [0.3, 0.4) is 0 Å². The standard InChI is InChI=1S/C19H19NO4/c1-22-14-5-3-13(4-6-14)20-19(21)16-11-15(16)12-2-7-17-18(10-12)24-9-8-23-17/h2-7,10,15-16H,8-9,11H2,1H3,(H,20,21)/t15-,16-/m1/s1. The second-order valence-electron chi connectivity index (χ2n) is 6.07. The highest BCUT2D eigenvalue weighted by atomic mass is 16.6. The molecule has 5 nitrogen and oxygen atoms in total. The molecular weight excluding hydrogens is 306 g/mol. The van der Waals surface area contributed by atoms with Crippen molar-refractivity contribution in [3.63, 3.8) is 0 Å². The molecule has 2 aromatic carbocycles. The van der Waals surface area contributed by atoms with E-state index in [4.69, 9.17) is 14.2 Å². The van der Waals surface area contributed by atoms with Gasteiger partial charge in [0.15, 0.2) is 11.5 Å². The van der Waals surface area contributed by atoms with Crippen LogP contribution in [-0.2, 0) is 4.79 Å². The second-order valence-corrected chi connectivity index (χ2v) is 6.07. The molecular formula is C19H19NO4. The molecule has 2 atom stereocenters. The average molecular weight is 325 g/mol. The van der Waals surface area contributed by atoms with Gasteiger partial charge in [-0.1, -0.05) is 6.07 Å². The fourth-order valence-electron chi connectivity index (χ4n) is 3.05. The van der Waals surface area contributed by atoms with Gasteiger partial charge in [0.1, 0.15) is 19.0 Å². The third kappa shape index (κ3) is 2.89. The van der Waals surface area contributed by atoms with E-state index in [1.54, 1.807) is 7.11 Å². The maximum Gasteiger partial charge on any atom is 0.228 e. The van der Waals surface area contributed by atoms with Crippen LogP contribution in [0.25, 0.3) is 0 Å². The van der Waals surface area contributed by atoms with Gasteiger partial charge in [0.05, 0.1) is 7.11 Å². The van der Waals surface area contributed by atoms with Crippen molar-refractivity contribution in [2.24, 2.45) is 5.92 Å². The van der Waals surface area contributed by atoms with Crippen molar-refractivity contribution in [2.45, 2.75) is 12.3 Å². The summed E-state index contributed by atoms with van der Waals surface area (Å²) in [6, 6.07) is 13.3. The summed E-state index contributed by atoms with van der Waals surface area (Å²) in [4.78, 5) is 12.4. The van der Waals surface area contributed by atoms with Gasteiger partial charge in [0, 0.05) is 11.6 Å². The first-order valence-electron chi connectivity index (χ1n) is 8.09. The van der Waals surface area contributed by atoms with Crippen molar-refractivity contribution in [3.8, 4) is 17.2 Å². The van der Waals surface area contributed by atoms with Crippen LogP contribution < -0.4 is 19.5 Å². The second kappa shape index (κ2) is 6.07. The van der Waals surface area contributed by atoms with Gasteiger partial charge >= 0.3 is 0 Å². The number of amides is 1. The zero-order chi connectivity index (χ0) is 16.5. The summed E-state index contributed by atoms with van der Waals surface area (Å²) in [6.45, 7) is 1.16. The molecule has 0 saturated heterocycles. The van der Waals surface area contributed by atoms with E-state index in [9.17, 15) is 4.79 Å². The van der Waals surface area contributed by atoms with E-state index in [2.05, 4.69) is 5.32 Å². The van der Waals surface area contributed by atoms with Gasteiger partial charge in [-0.2, -0.15) is 0 Å². The topological polar surface area (TPSA) is 56.8 Å². The van der Waals surface area contributed by atoms with E-state index < -0.39 is 0 Å². The van der Waals surface area contributed by atoms with Crippen molar-refractivity contribution in [1.82, 2.24) is 0 Å². The van der Waals surface area contributed by atoms with E-state index in [1.807, 2.05) is 42.5 Å². The number of fused-ring (bicyclic) bond motifs is 1. The monoisotopic (exact) mass is 325 g/mol. The molecule has 1 aliphatic heterocycles. The highest BCUT2D eigenvalue weighted by molar-refractivity contribution is 5.95. The number of methoxy groups -OCH3 is 1. The Labute approximate surface area is 140 Å². The smallest absolute Gasteiger partial charge is 0.228 e. The third-order valence-corrected chi connectivity index (χ3v) is 4.48. The van der Waals surface area contributed by atoms with Crippen molar-refractivity contribution in [2.75, 3.05) is 25.6 Å². The lowest BCUT2D eigenvalue weighted by Gasteiger charge is -2.18. The Bertz CT molecular complexity index is 756. The molecule has 4 rings (SSSR count). The van der Waals surface area contributed by atoms with E-state index in [0.717, 1.165) is 34.9 Å². The summed E-state index contributed by atoms with van der Waals surface area (Å²) < 4.78 is 16.3. The van der Waals surface area contributed by atoms with E-state index in [1.165, 1.54) is 0 Å². The predicted octanol–water partition coefficient (Wildman–Crippen LogP) is 3.21. The minimum atomic E-state index is 0.00895. The van der Waals surface area contributed by atoms with Crippen molar-refractivity contribution < 1.29 is 19.0 Å². The van der Waals surface area contributed by atoms with Crippen LogP contribution in [0.15, 0.2) is 42.5 Å². The molecule has 0 bridgehead atoms. The minimum Gasteiger partial charge on any atom is -0.497 e. The SMILES string of the molecule is COc1ccc(NC(=O)[C@@H]2C[C@@H]2c2ccc3c(c2)OCCO3)cc1. The lowest BCUT2D eigenvalue weighted by molar-refractivity contribution is -0.117. The summed E-state index contributed by atoms with van der Waals surface area (Å²) in [5.74, 6) is 2.65. The van der Waals surface area contributed by atoms with Crippen LogP contribution in [0.1, 0.15) is 17.9 Å². The summed E-state index contributed by atoms with van der Waals surface area (Å²) in [5, 5.41) is 2.97. The molecule has 1 heterocycles. The van der Waals surface area contributed by atoms with Crippen molar-refractivity contribution in [3.05, 3.63) is 48.0 Å². The number of carbonyl (C=O) groups is 1. The largest absolute Gasteiger partial charge is 0.497 e. The third-order valence-electron chi connectivity index (χ3n) is 4.48. The quantitative estimate of drug-likeness (QED) is 0.938. The number of anilines is 1. The van der Waals surface area contributed by atoms with E-state index in [0.29, 0.717) is 13.2 Å². The molecule has 1 amide bonds. The van der Waals surface area contributed by atoms with Crippen LogP contribution in [0.4, 0.5) is 5.69 Å². The molecule has 24 heavy (non-hydrogen) atoms. The highest BCUT2D eigenvalue weighted by Crippen LogP contribution is 2.49. The molecule has 1 N–H and O–H groups in total. The molecule has 0 aromatic heterocycles. The number of rotatable bonds is 4. The van der Waals surface area contributed by atoms with E-state index >= 15 is 0 Å². The summed E-state index contributed by atoms with van der Waals surface area (Å²) in [7, 11) is 1.62. The molecule has 2 aromatic rings. The zero-order valence-electron chi connectivity index (χ0n) is 13.5. The van der Waals surface area contributed by atoms with Gasteiger partial charge < -0.3 is 19.5 Å². The first-order valence-corrected chi connectivity index (χ1v) is 8.09. The van der Waals surface area contributed by atoms with Crippen LogP contribution in [0, 0.1) is 5.92 Å². The van der Waals surface area contributed by atoms with Gasteiger partial charge in [0.2, 0.25) is 5.91 Å². The molecule has 0 unspecified atom stereocenters. The number of nitrogens with one attached hydrogen (secondary N) is 1. The first kappa shape index (κ1) is 14.9. The molecule has 2 aliphatic rings. The van der Waals surface area contributed by atoms with E-state index in [-0.39, 0.29) is 17.7 Å². The maximum absolute atomic E-state index is 12.4. The van der Waals surface area contributed by atoms with Gasteiger partial charge in [-0.05, 0) is 54.3 Å². The number of hydrogen-bond acceptors (Lipinski definition) is 4. The molecule has 5 heteroatoms. The van der Waals surface area contributed by atoms with Gasteiger partial charge in [-0.3, -0.25) is 4.79 Å². The van der Waals surface area contributed by atoms with Crippen LogP contribution >= 0.6 is 0 Å². The van der Waals surface area contributed by atoms with Crippen molar-refractivity contribution >= 4 is 11.6 Å². The minimum absolute atomic E-state index is 0.00895. The van der Waals surface area contributed by atoms with Crippen LogP contribution in [0.5, 0.6) is 17.2 Å². The number of benzene rings is 2. The van der Waals surface area contributed by atoms with Gasteiger partial charge in [-0.15, -0.1) is 0 Å². The molecule has 1 saturated carbocycles. The van der Waals surface area contributed by atoms with Crippen LogP contribution in [-0.4, -0.2) is 26.2 Å². The Morgan fingerprint density at radius 1 is 1.08 bits per heavy atom. The fraction of sp³-hybridized carbons (Fsp3) is 0.316. The Kier molecular flexibility index (Phi) is 3.76. The summed E-state index contributed by atoms with van der Waals surface area (Å²) >= 11 is 0. The molecule has 124 valence electrons.